The molecule has 0 spiro atoms. The molecule has 80 valence electrons. The van der Waals surface area contributed by atoms with Crippen LogP contribution in [0.2, 0.25) is 0 Å². The van der Waals surface area contributed by atoms with E-state index in [1.807, 2.05) is 0 Å². The second-order valence-corrected chi connectivity index (χ2v) is 3.09. The molecule has 0 unspecified atom stereocenters. The minimum atomic E-state index is -0.623. The third kappa shape index (κ3) is 1.66. The molecule has 0 saturated heterocycles. The Kier molecular flexibility index (Phi) is 2.44. The number of rotatable bonds is 2. The second kappa shape index (κ2) is 3.90. The Hall–Kier alpha value is -2.55. The highest BCUT2D eigenvalue weighted by Gasteiger charge is 2.08. The summed E-state index contributed by atoms with van der Waals surface area (Å²) in [6.45, 7) is 0.0106. The SMILES string of the molecule is N#Cc1c[nH]c(=O)n(Cc2ccco2)c1=O. The zero-order chi connectivity index (χ0) is 11.5. The first kappa shape index (κ1) is 9.98. The molecule has 0 aliphatic carbocycles. The highest BCUT2D eigenvalue weighted by Crippen LogP contribution is 1.99. The van der Waals surface area contributed by atoms with Gasteiger partial charge >= 0.3 is 5.69 Å². The van der Waals surface area contributed by atoms with Gasteiger partial charge in [0, 0.05) is 6.20 Å². The Bertz CT molecular complexity index is 643. The maximum atomic E-state index is 11.6. The standard InChI is InChI=1S/C10H7N3O3/c11-4-7-5-12-10(15)13(9(7)14)6-8-2-1-3-16-8/h1-3,5H,6H2,(H,12,15). The first-order chi connectivity index (χ1) is 7.72. The number of nitrogens with one attached hydrogen (secondary N) is 1. The molecular weight excluding hydrogens is 210 g/mol. The van der Waals surface area contributed by atoms with Gasteiger partial charge in [0.2, 0.25) is 0 Å². The fourth-order valence-corrected chi connectivity index (χ4v) is 1.29. The normalized spacial score (nSPS) is 9.94. The van der Waals surface area contributed by atoms with Crippen molar-refractivity contribution in [3.05, 3.63) is 56.8 Å². The zero-order valence-electron chi connectivity index (χ0n) is 8.14. The molecule has 0 aliphatic heterocycles. The number of H-pyrrole nitrogens is 1. The van der Waals surface area contributed by atoms with E-state index in [1.165, 1.54) is 6.26 Å². The molecule has 0 aromatic carbocycles. The first-order valence-corrected chi connectivity index (χ1v) is 4.47. The smallest absolute Gasteiger partial charge is 0.328 e. The van der Waals surface area contributed by atoms with Crippen LogP contribution in [0.3, 0.4) is 0 Å². The van der Waals surface area contributed by atoms with Crippen LogP contribution in [0.1, 0.15) is 11.3 Å². The minimum Gasteiger partial charge on any atom is -0.467 e. The Morgan fingerprint density at radius 2 is 2.31 bits per heavy atom. The molecule has 0 aliphatic rings. The van der Waals surface area contributed by atoms with Crippen molar-refractivity contribution in [2.45, 2.75) is 6.54 Å². The van der Waals surface area contributed by atoms with Gasteiger partial charge in [0.1, 0.15) is 17.4 Å². The fourth-order valence-electron chi connectivity index (χ4n) is 1.29. The molecule has 2 aromatic rings. The van der Waals surface area contributed by atoms with Gasteiger partial charge < -0.3 is 9.40 Å². The molecule has 0 saturated carbocycles. The predicted molar refractivity (Wildman–Crippen MR) is 53.8 cm³/mol. The van der Waals surface area contributed by atoms with Crippen molar-refractivity contribution in [3.8, 4) is 6.07 Å². The lowest BCUT2D eigenvalue weighted by Gasteiger charge is -2.01. The lowest BCUT2D eigenvalue weighted by molar-refractivity contribution is 0.483. The van der Waals surface area contributed by atoms with Gasteiger partial charge in [0.25, 0.3) is 5.56 Å². The molecule has 2 heterocycles. The highest BCUT2D eigenvalue weighted by molar-refractivity contribution is 5.22. The maximum Gasteiger partial charge on any atom is 0.328 e. The molecule has 0 atom stereocenters. The summed E-state index contributed by atoms with van der Waals surface area (Å²) < 4.78 is 5.94. The van der Waals surface area contributed by atoms with Crippen LogP contribution in [0, 0.1) is 11.3 Å². The van der Waals surface area contributed by atoms with Crippen LogP contribution in [-0.4, -0.2) is 9.55 Å². The average Bonchev–Trinajstić information content (AvgIpc) is 2.77. The van der Waals surface area contributed by atoms with Gasteiger partial charge in [-0.15, -0.1) is 0 Å². The molecule has 6 heteroatoms. The Morgan fingerprint density at radius 1 is 1.50 bits per heavy atom. The quantitative estimate of drug-likeness (QED) is 0.769. The number of aromatic amines is 1. The third-order valence-electron chi connectivity index (χ3n) is 2.08. The summed E-state index contributed by atoms with van der Waals surface area (Å²) in [5.41, 5.74) is -1.30. The Balaban J connectivity index is 2.53. The number of hydrogen-bond acceptors (Lipinski definition) is 4. The molecule has 2 rings (SSSR count). The van der Waals surface area contributed by atoms with E-state index >= 15 is 0 Å². The van der Waals surface area contributed by atoms with Gasteiger partial charge in [-0.3, -0.25) is 9.36 Å². The number of nitriles is 1. The third-order valence-corrected chi connectivity index (χ3v) is 2.08. The van der Waals surface area contributed by atoms with E-state index in [0.717, 1.165) is 10.8 Å². The van der Waals surface area contributed by atoms with Crippen molar-refractivity contribution in [3.63, 3.8) is 0 Å². The molecular formula is C10H7N3O3. The predicted octanol–water partition coefficient (Wildman–Crippen LogP) is 0.0496. The van der Waals surface area contributed by atoms with Gasteiger partial charge in [0.05, 0.1) is 12.8 Å². The van der Waals surface area contributed by atoms with Crippen molar-refractivity contribution in [2.75, 3.05) is 0 Å². The molecule has 0 bridgehead atoms. The van der Waals surface area contributed by atoms with Gasteiger partial charge in [0.15, 0.2) is 0 Å². The van der Waals surface area contributed by atoms with Crippen LogP contribution >= 0.6 is 0 Å². The van der Waals surface area contributed by atoms with E-state index in [0.29, 0.717) is 5.76 Å². The van der Waals surface area contributed by atoms with E-state index in [9.17, 15) is 9.59 Å². The highest BCUT2D eigenvalue weighted by atomic mass is 16.3. The van der Waals surface area contributed by atoms with Gasteiger partial charge in [-0.1, -0.05) is 0 Å². The van der Waals surface area contributed by atoms with Gasteiger partial charge in [-0.2, -0.15) is 5.26 Å². The summed E-state index contributed by atoms with van der Waals surface area (Å²) in [4.78, 5) is 25.3. The van der Waals surface area contributed by atoms with Crippen molar-refractivity contribution in [1.29, 1.82) is 5.26 Å². The number of aromatic nitrogens is 2. The molecule has 1 N–H and O–H groups in total. The molecule has 2 aromatic heterocycles. The molecule has 16 heavy (non-hydrogen) atoms. The maximum absolute atomic E-state index is 11.6. The zero-order valence-corrected chi connectivity index (χ0v) is 8.14. The number of furan rings is 1. The molecule has 0 radical (unpaired) electrons. The van der Waals surface area contributed by atoms with E-state index in [1.54, 1.807) is 18.2 Å². The van der Waals surface area contributed by atoms with E-state index in [2.05, 4.69) is 4.98 Å². The first-order valence-electron chi connectivity index (χ1n) is 4.47. The topological polar surface area (TPSA) is 91.8 Å². The molecule has 0 amide bonds. The van der Waals surface area contributed by atoms with Gasteiger partial charge in [-0.05, 0) is 12.1 Å². The monoisotopic (exact) mass is 217 g/mol. The van der Waals surface area contributed by atoms with Crippen molar-refractivity contribution < 1.29 is 4.42 Å². The van der Waals surface area contributed by atoms with Crippen LogP contribution < -0.4 is 11.2 Å². The van der Waals surface area contributed by atoms with Crippen molar-refractivity contribution in [2.24, 2.45) is 0 Å². The average molecular weight is 217 g/mol. The summed E-state index contributed by atoms with van der Waals surface area (Å²) in [6, 6.07) is 5.01. The van der Waals surface area contributed by atoms with E-state index < -0.39 is 11.2 Å². The summed E-state index contributed by atoms with van der Waals surface area (Å²) >= 11 is 0. The Morgan fingerprint density at radius 3 is 2.94 bits per heavy atom. The van der Waals surface area contributed by atoms with E-state index in [-0.39, 0.29) is 12.1 Å². The minimum absolute atomic E-state index is 0.0106. The van der Waals surface area contributed by atoms with Gasteiger partial charge in [-0.25, -0.2) is 4.79 Å². The fraction of sp³-hybridized carbons (Fsp3) is 0.100. The number of nitrogens with zero attached hydrogens (tertiary/aromatic N) is 2. The van der Waals surface area contributed by atoms with Crippen LogP contribution in [0.15, 0.2) is 38.6 Å². The van der Waals surface area contributed by atoms with Crippen LogP contribution in [0.25, 0.3) is 0 Å². The van der Waals surface area contributed by atoms with E-state index in [4.69, 9.17) is 9.68 Å². The molecule has 0 fully saturated rings. The van der Waals surface area contributed by atoms with Crippen molar-refractivity contribution >= 4 is 0 Å². The van der Waals surface area contributed by atoms with Crippen LogP contribution in [0.4, 0.5) is 0 Å². The number of hydrogen-bond donors (Lipinski definition) is 1. The van der Waals surface area contributed by atoms with Crippen molar-refractivity contribution in [1.82, 2.24) is 9.55 Å². The Labute approximate surface area is 89.4 Å². The van der Waals surface area contributed by atoms with Crippen LogP contribution in [-0.2, 0) is 6.54 Å². The lowest BCUT2D eigenvalue weighted by Crippen LogP contribution is -2.36. The summed E-state index contributed by atoms with van der Waals surface area (Å²) in [7, 11) is 0. The lowest BCUT2D eigenvalue weighted by atomic mass is 10.3. The second-order valence-electron chi connectivity index (χ2n) is 3.09. The largest absolute Gasteiger partial charge is 0.467 e. The molecule has 6 nitrogen and oxygen atoms in total. The summed E-state index contributed by atoms with van der Waals surface area (Å²) in [6.07, 6.45) is 2.55. The van der Waals surface area contributed by atoms with Crippen LogP contribution in [0.5, 0.6) is 0 Å². The summed E-state index contributed by atoms with van der Waals surface area (Å²) in [5, 5.41) is 8.65. The summed E-state index contributed by atoms with van der Waals surface area (Å²) in [5.74, 6) is 0.475.